The molecule has 1 aromatic rings. The average molecular weight is 263 g/mol. The van der Waals surface area contributed by atoms with Gasteiger partial charge in [0.1, 0.15) is 5.75 Å². The van der Waals surface area contributed by atoms with Crippen molar-refractivity contribution in [2.24, 2.45) is 0 Å². The Morgan fingerprint density at radius 2 is 2.21 bits per heavy atom. The first-order chi connectivity index (χ1) is 9.19. The standard InChI is InChI=1S/C15H21NO3/c1-2-13(17)9-16-15(18)10-19-14-7-6-11-4-3-5-12(11)8-14/h6-8,13,17H,2-5,9-10H2,1H3,(H,16,18). The molecule has 2 N–H and O–H groups in total. The Morgan fingerprint density at radius 1 is 1.42 bits per heavy atom. The first-order valence-corrected chi connectivity index (χ1v) is 6.88. The van der Waals surface area contributed by atoms with Gasteiger partial charge in [0.25, 0.3) is 5.91 Å². The molecule has 104 valence electrons. The number of benzene rings is 1. The molecule has 1 aromatic carbocycles. The summed E-state index contributed by atoms with van der Waals surface area (Å²) in [6, 6.07) is 6.02. The van der Waals surface area contributed by atoms with Gasteiger partial charge < -0.3 is 15.2 Å². The van der Waals surface area contributed by atoms with Crippen LogP contribution in [0.4, 0.5) is 0 Å². The summed E-state index contributed by atoms with van der Waals surface area (Å²) < 4.78 is 5.47. The van der Waals surface area contributed by atoms with Gasteiger partial charge in [-0.2, -0.15) is 0 Å². The van der Waals surface area contributed by atoms with Gasteiger partial charge in [-0.25, -0.2) is 0 Å². The highest BCUT2D eigenvalue weighted by molar-refractivity contribution is 5.77. The number of aliphatic hydroxyl groups excluding tert-OH is 1. The third kappa shape index (κ3) is 3.96. The highest BCUT2D eigenvalue weighted by Gasteiger charge is 2.12. The molecule has 0 bridgehead atoms. The third-order valence-electron chi connectivity index (χ3n) is 3.45. The molecule has 4 heteroatoms. The van der Waals surface area contributed by atoms with Crippen LogP contribution in [0.2, 0.25) is 0 Å². The largest absolute Gasteiger partial charge is 0.484 e. The fourth-order valence-corrected chi connectivity index (χ4v) is 2.21. The highest BCUT2D eigenvalue weighted by atomic mass is 16.5. The van der Waals surface area contributed by atoms with E-state index in [-0.39, 0.29) is 19.1 Å². The Kier molecular flexibility index (Phi) is 4.80. The van der Waals surface area contributed by atoms with Crippen LogP contribution in [0.25, 0.3) is 0 Å². The number of ether oxygens (including phenoxy) is 1. The minimum atomic E-state index is -0.482. The van der Waals surface area contributed by atoms with Crippen molar-refractivity contribution in [1.82, 2.24) is 5.32 Å². The Bertz CT molecular complexity index is 445. The summed E-state index contributed by atoms with van der Waals surface area (Å²) in [7, 11) is 0. The van der Waals surface area contributed by atoms with Gasteiger partial charge in [0.05, 0.1) is 6.10 Å². The summed E-state index contributed by atoms with van der Waals surface area (Å²) in [6.45, 7) is 2.15. The van der Waals surface area contributed by atoms with Gasteiger partial charge >= 0.3 is 0 Å². The van der Waals surface area contributed by atoms with E-state index in [2.05, 4.69) is 11.4 Å². The van der Waals surface area contributed by atoms with E-state index < -0.39 is 6.10 Å². The second-order valence-corrected chi connectivity index (χ2v) is 4.94. The maximum Gasteiger partial charge on any atom is 0.258 e. The lowest BCUT2D eigenvalue weighted by atomic mass is 10.1. The zero-order valence-electron chi connectivity index (χ0n) is 11.3. The van der Waals surface area contributed by atoms with Crippen LogP contribution < -0.4 is 10.1 Å². The molecule has 0 heterocycles. The van der Waals surface area contributed by atoms with Crippen LogP contribution in [-0.2, 0) is 17.6 Å². The molecule has 1 unspecified atom stereocenters. The van der Waals surface area contributed by atoms with Gasteiger partial charge in [0.2, 0.25) is 0 Å². The molecule has 0 fully saturated rings. The summed E-state index contributed by atoms with van der Waals surface area (Å²) in [5.41, 5.74) is 2.72. The third-order valence-corrected chi connectivity index (χ3v) is 3.45. The fraction of sp³-hybridized carbons (Fsp3) is 0.533. The smallest absolute Gasteiger partial charge is 0.258 e. The monoisotopic (exact) mass is 263 g/mol. The second-order valence-electron chi connectivity index (χ2n) is 4.94. The zero-order valence-corrected chi connectivity index (χ0v) is 11.3. The van der Waals surface area contributed by atoms with Crippen LogP contribution in [0, 0.1) is 0 Å². The Balaban J connectivity index is 1.77. The van der Waals surface area contributed by atoms with Gasteiger partial charge in [-0.1, -0.05) is 13.0 Å². The summed E-state index contributed by atoms with van der Waals surface area (Å²) in [5.74, 6) is 0.542. The number of amides is 1. The van der Waals surface area contributed by atoms with Crippen LogP contribution in [0.3, 0.4) is 0 Å². The van der Waals surface area contributed by atoms with E-state index in [0.717, 1.165) is 18.6 Å². The molecule has 0 aromatic heterocycles. The Morgan fingerprint density at radius 3 is 3.00 bits per heavy atom. The topological polar surface area (TPSA) is 58.6 Å². The normalized spacial score (nSPS) is 14.8. The number of aliphatic hydroxyl groups is 1. The van der Waals surface area contributed by atoms with E-state index in [1.807, 2.05) is 19.1 Å². The average Bonchev–Trinajstić information content (AvgIpc) is 2.89. The molecule has 2 rings (SSSR count). The van der Waals surface area contributed by atoms with Crippen LogP contribution in [-0.4, -0.2) is 30.3 Å². The van der Waals surface area contributed by atoms with Crippen molar-refractivity contribution in [2.75, 3.05) is 13.2 Å². The Hall–Kier alpha value is -1.55. The number of carbonyl (C=O) groups is 1. The number of aryl methyl sites for hydroxylation is 2. The molecule has 1 atom stereocenters. The predicted octanol–water partition coefficient (Wildman–Crippen LogP) is 1.44. The molecule has 1 aliphatic rings. The Labute approximate surface area is 113 Å². The number of carbonyl (C=O) groups excluding carboxylic acids is 1. The number of nitrogens with one attached hydrogen (secondary N) is 1. The summed E-state index contributed by atoms with van der Waals surface area (Å²) >= 11 is 0. The minimum absolute atomic E-state index is 0.00474. The highest BCUT2D eigenvalue weighted by Crippen LogP contribution is 2.25. The van der Waals surface area contributed by atoms with Crippen molar-refractivity contribution in [3.05, 3.63) is 29.3 Å². The van der Waals surface area contributed by atoms with E-state index in [1.165, 1.54) is 17.5 Å². The van der Waals surface area contributed by atoms with Crippen LogP contribution in [0.5, 0.6) is 5.75 Å². The molecular formula is C15H21NO3. The molecule has 1 amide bonds. The van der Waals surface area contributed by atoms with Gasteiger partial charge in [0, 0.05) is 6.54 Å². The fourth-order valence-electron chi connectivity index (χ4n) is 2.21. The van der Waals surface area contributed by atoms with Gasteiger partial charge in [0.15, 0.2) is 6.61 Å². The van der Waals surface area contributed by atoms with Gasteiger partial charge in [-0.15, -0.1) is 0 Å². The lowest BCUT2D eigenvalue weighted by Crippen LogP contribution is -2.35. The lowest BCUT2D eigenvalue weighted by Gasteiger charge is -2.11. The lowest BCUT2D eigenvalue weighted by molar-refractivity contribution is -0.123. The number of hydrogen-bond acceptors (Lipinski definition) is 3. The molecular weight excluding hydrogens is 242 g/mol. The predicted molar refractivity (Wildman–Crippen MR) is 73.3 cm³/mol. The molecule has 19 heavy (non-hydrogen) atoms. The van der Waals surface area contributed by atoms with Crippen molar-refractivity contribution in [3.63, 3.8) is 0 Å². The summed E-state index contributed by atoms with van der Waals surface area (Å²) in [5, 5.41) is 12.0. The molecule has 0 saturated carbocycles. The zero-order chi connectivity index (χ0) is 13.7. The molecule has 1 aliphatic carbocycles. The molecule has 0 spiro atoms. The molecule has 0 saturated heterocycles. The quantitative estimate of drug-likeness (QED) is 0.816. The van der Waals surface area contributed by atoms with E-state index in [9.17, 15) is 9.90 Å². The number of fused-ring (bicyclic) bond motifs is 1. The van der Waals surface area contributed by atoms with Crippen molar-refractivity contribution in [3.8, 4) is 5.75 Å². The summed E-state index contributed by atoms with van der Waals surface area (Å²) in [4.78, 5) is 11.5. The van der Waals surface area contributed by atoms with Gasteiger partial charge in [-0.05, 0) is 48.9 Å². The maximum absolute atomic E-state index is 11.5. The van der Waals surface area contributed by atoms with Crippen molar-refractivity contribution in [1.29, 1.82) is 0 Å². The van der Waals surface area contributed by atoms with Crippen LogP contribution >= 0.6 is 0 Å². The van der Waals surface area contributed by atoms with E-state index in [4.69, 9.17) is 4.74 Å². The van der Waals surface area contributed by atoms with Crippen LogP contribution in [0.1, 0.15) is 30.9 Å². The number of rotatable bonds is 6. The van der Waals surface area contributed by atoms with Crippen LogP contribution in [0.15, 0.2) is 18.2 Å². The molecule has 4 nitrogen and oxygen atoms in total. The second kappa shape index (κ2) is 6.57. The van der Waals surface area contributed by atoms with Crippen molar-refractivity contribution >= 4 is 5.91 Å². The van der Waals surface area contributed by atoms with Gasteiger partial charge in [-0.3, -0.25) is 4.79 Å². The SMILES string of the molecule is CCC(O)CNC(=O)COc1ccc2c(c1)CCC2. The molecule has 0 radical (unpaired) electrons. The van der Waals surface area contributed by atoms with E-state index >= 15 is 0 Å². The van der Waals surface area contributed by atoms with Crippen molar-refractivity contribution in [2.45, 2.75) is 38.7 Å². The van der Waals surface area contributed by atoms with E-state index in [0.29, 0.717) is 6.42 Å². The minimum Gasteiger partial charge on any atom is -0.484 e. The maximum atomic E-state index is 11.5. The number of hydrogen-bond donors (Lipinski definition) is 2. The van der Waals surface area contributed by atoms with E-state index in [1.54, 1.807) is 0 Å². The first-order valence-electron chi connectivity index (χ1n) is 6.88. The molecule has 0 aliphatic heterocycles. The first kappa shape index (κ1) is 13.9. The summed E-state index contributed by atoms with van der Waals surface area (Å²) in [6.07, 6.45) is 3.59. The van der Waals surface area contributed by atoms with Crippen molar-refractivity contribution < 1.29 is 14.6 Å².